The third-order valence-electron chi connectivity index (χ3n) is 4.77. The fourth-order valence-electron chi connectivity index (χ4n) is 3.21. The predicted octanol–water partition coefficient (Wildman–Crippen LogP) is 2.34. The Bertz CT molecular complexity index is 947. The molecule has 1 heterocycles. The lowest BCUT2D eigenvalue weighted by Crippen LogP contribution is -2.49. The number of sulfonamides is 1. The van der Waals surface area contributed by atoms with Gasteiger partial charge in [0.15, 0.2) is 0 Å². The van der Waals surface area contributed by atoms with Gasteiger partial charge in [0.2, 0.25) is 10.0 Å². The van der Waals surface area contributed by atoms with Crippen LogP contribution in [0, 0.1) is 11.3 Å². The zero-order chi connectivity index (χ0) is 20.7. The summed E-state index contributed by atoms with van der Waals surface area (Å²) in [5.74, 6) is 1.60. The first kappa shape index (κ1) is 21.1. The molecule has 0 N–H and O–H groups in total. The number of piperazine rings is 1. The summed E-state index contributed by atoms with van der Waals surface area (Å²) < 4.78 is 38.4. The van der Waals surface area contributed by atoms with Crippen molar-refractivity contribution in [2.24, 2.45) is 0 Å². The number of rotatable bonds is 8. The first-order valence-corrected chi connectivity index (χ1v) is 11.1. The highest BCUT2D eigenvalue weighted by molar-refractivity contribution is 7.89. The molecule has 3 rings (SSSR count). The van der Waals surface area contributed by atoms with Crippen LogP contribution in [-0.2, 0) is 10.0 Å². The summed E-state index contributed by atoms with van der Waals surface area (Å²) in [6.45, 7) is 5.85. The van der Waals surface area contributed by atoms with E-state index in [4.69, 9.17) is 9.47 Å². The zero-order valence-corrected chi connectivity index (χ0v) is 17.3. The van der Waals surface area contributed by atoms with Crippen LogP contribution in [-0.4, -0.2) is 63.6 Å². The Hall–Kier alpha value is -2.60. The number of nitriles is 1. The van der Waals surface area contributed by atoms with Crippen LogP contribution in [0.2, 0.25) is 0 Å². The smallest absolute Gasteiger partial charge is 0.244 e. The van der Waals surface area contributed by atoms with Crippen molar-refractivity contribution < 1.29 is 17.9 Å². The number of benzene rings is 2. The second-order valence-corrected chi connectivity index (χ2v) is 8.51. The number of nitrogens with zero attached hydrogens (tertiary/aromatic N) is 3. The Labute approximate surface area is 172 Å². The van der Waals surface area contributed by atoms with Crippen molar-refractivity contribution in [2.45, 2.75) is 11.8 Å². The van der Waals surface area contributed by atoms with Gasteiger partial charge in [-0.3, -0.25) is 4.90 Å². The van der Waals surface area contributed by atoms with E-state index in [1.807, 2.05) is 37.3 Å². The minimum Gasteiger partial charge on any atom is -0.494 e. The fraction of sp³-hybridized carbons (Fsp3) is 0.381. The molecule has 0 saturated carbocycles. The Morgan fingerprint density at radius 1 is 0.966 bits per heavy atom. The summed E-state index contributed by atoms with van der Waals surface area (Å²) in [5, 5.41) is 9.19. The summed E-state index contributed by atoms with van der Waals surface area (Å²) in [5.41, 5.74) is 0.179. The standard InChI is InChI=1S/C21H25N3O4S/c1-2-27-19-7-9-20(10-8-19)28-16-15-23-11-13-24(14-12-23)29(25,26)21-6-4-3-5-18(21)17-22/h3-10H,2,11-16H2,1H3. The first-order chi connectivity index (χ1) is 14.0. The van der Waals surface area contributed by atoms with E-state index in [1.54, 1.807) is 12.1 Å². The summed E-state index contributed by atoms with van der Waals surface area (Å²) >= 11 is 0. The lowest BCUT2D eigenvalue weighted by atomic mass is 10.2. The normalized spacial score (nSPS) is 15.6. The Morgan fingerprint density at radius 3 is 2.21 bits per heavy atom. The van der Waals surface area contributed by atoms with Gasteiger partial charge in [-0.25, -0.2) is 8.42 Å². The second kappa shape index (κ2) is 9.74. The van der Waals surface area contributed by atoms with Gasteiger partial charge in [-0.05, 0) is 43.3 Å². The maximum Gasteiger partial charge on any atom is 0.244 e. The molecule has 2 aromatic carbocycles. The van der Waals surface area contributed by atoms with Gasteiger partial charge < -0.3 is 9.47 Å². The highest BCUT2D eigenvalue weighted by Crippen LogP contribution is 2.21. The number of hydrogen-bond donors (Lipinski definition) is 0. The molecule has 0 radical (unpaired) electrons. The second-order valence-electron chi connectivity index (χ2n) is 6.61. The maximum atomic E-state index is 12.9. The topological polar surface area (TPSA) is 82.9 Å². The fourth-order valence-corrected chi connectivity index (χ4v) is 4.77. The summed E-state index contributed by atoms with van der Waals surface area (Å²) in [6.07, 6.45) is 0. The van der Waals surface area contributed by atoms with Gasteiger partial charge in [-0.2, -0.15) is 9.57 Å². The van der Waals surface area contributed by atoms with Gasteiger partial charge in [0.1, 0.15) is 24.2 Å². The molecule has 2 aromatic rings. The molecule has 154 valence electrons. The monoisotopic (exact) mass is 415 g/mol. The van der Waals surface area contributed by atoms with E-state index < -0.39 is 10.0 Å². The molecule has 0 amide bonds. The van der Waals surface area contributed by atoms with E-state index in [0.717, 1.165) is 18.0 Å². The van der Waals surface area contributed by atoms with Crippen LogP contribution in [0.15, 0.2) is 53.4 Å². The SMILES string of the molecule is CCOc1ccc(OCCN2CCN(S(=O)(=O)c3ccccc3C#N)CC2)cc1. The van der Waals surface area contributed by atoms with Crippen LogP contribution in [0.5, 0.6) is 11.5 Å². The van der Waals surface area contributed by atoms with Gasteiger partial charge in [-0.1, -0.05) is 12.1 Å². The number of hydrogen-bond acceptors (Lipinski definition) is 6. The third kappa shape index (κ3) is 5.26. The largest absolute Gasteiger partial charge is 0.494 e. The molecular formula is C21H25N3O4S. The lowest BCUT2D eigenvalue weighted by Gasteiger charge is -2.33. The maximum absolute atomic E-state index is 12.9. The van der Waals surface area contributed by atoms with Crippen molar-refractivity contribution in [3.8, 4) is 17.6 Å². The van der Waals surface area contributed by atoms with Crippen molar-refractivity contribution in [3.63, 3.8) is 0 Å². The third-order valence-corrected chi connectivity index (χ3v) is 6.72. The molecule has 0 aliphatic carbocycles. The molecule has 7 nitrogen and oxygen atoms in total. The summed E-state index contributed by atoms with van der Waals surface area (Å²) in [7, 11) is -3.66. The Morgan fingerprint density at radius 2 is 1.59 bits per heavy atom. The molecular weight excluding hydrogens is 390 g/mol. The van der Waals surface area contributed by atoms with Crippen molar-refractivity contribution >= 4 is 10.0 Å². The van der Waals surface area contributed by atoms with E-state index in [9.17, 15) is 13.7 Å². The van der Waals surface area contributed by atoms with Crippen molar-refractivity contribution in [1.29, 1.82) is 5.26 Å². The van der Waals surface area contributed by atoms with E-state index in [-0.39, 0.29) is 10.5 Å². The highest BCUT2D eigenvalue weighted by Gasteiger charge is 2.30. The van der Waals surface area contributed by atoms with Crippen molar-refractivity contribution in [1.82, 2.24) is 9.21 Å². The molecule has 0 unspecified atom stereocenters. The molecule has 0 aromatic heterocycles. The van der Waals surface area contributed by atoms with E-state index >= 15 is 0 Å². The quantitative estimate of drug-likeness (QED) is 0.658. The van der Waals surface area contributed by atoms with Gasteiger partial charge in [0.05, 0.1) is 17.1 Å². The van der Waals surface area contributed by atoms with Crippen molar-refractivity contribution in [2.75, 3.05) is 45.9 Å². The van der Waals surface area contributed by atoms with Gasteiger partial charge in [0.25, 0.3) is 0 Å². The summed E-state index contributed by atoms with van der Waals surface area (Å²) in [6, 6.07) is 15.8. The molecule has 29 heavy (non-hydrogen) atoms. The van der Waals surface area contributed by atoms with Crippen molar-refractivity contribution in [3.05, 3.63) is 54.1 Å². The molecule has 1 saturated heterocycles. The highest BCUT2D eigenvalue weighted by atomic mass is 32.2. The molecule has 0 atom stereocenters. The van der Waals surface area contributed by atoms with Crippen LogP contribution in [0.25, 0.3) is 0 Å². The van der Waals surface area contributed by atoms with E-state index in [2.05, 4.69) is 4.90 Å². The molecule has 8 heteroatoms. The van der Waals surface area contributed by atoms with E-state index in [1.165, 1.54) is 16.4 Å². The Kier molecular flexibility index (Phi) is 7.09. The molecule has 1 fully saturated rings. The summed E-state index contributed by atoms with van der Waals surface area (Å²) in [4.78, 5) is 2.26. The van der Waals surface area contributed by atoms with Crippen LogP contribution in [0.1, 0.15) is 12.5 Å². The van der Waals surface area contributed by atoms with Gasteiger partial charge >= 0.3 is 0 Å². The lowest BCUT2D eigenvalue weighted by molar-refractivity contribution is 0.159. The number of ether oxygens (including phenoxy) is 2. The van der Waals surface area contributed by atoms with Crippen LogP contribution >= 0.6 is 0 Å². The minimum absolute atomic E-state index is 0.0785. The average Bonchev–Trinajstić information content (AvgIpc) is 2.75. The first-order valence-electron chi connectivity index (χ1n) is 9.62. The Balaban J connectivity index is 1.48. The molecule has 0 bridgehead atoms. The van der Waals surface area contributed by atoms with E-state index in [0.29, 0.717) is 39.4 Å². The minimum atomic E-state index is -3.66. The molecule has 1 aliphatic rings. The van der Waals surface area contributed by atoms with Gasteiger partial charge in [0, 0.05) is 32.7 Å². The van der Waals surface area contributed by atoms with Crippen LogP contribution in [0.4, 0.5) is 0 Å². The zero-order valence-electron chi connectivity index (χ0n) is 16.5. The van der Waals surface area contributed by atoms with Crippen LogP contribution < -0.4 is 9.47 Å². The average molecular weight is 416 g/mol. The van der Waals surface area contributed by atoms with Crippen LogP contribution in [0.3, 0.4) is 0 Å². The molecule has 0 spiro atoms. The predicted molar refractivity (Wildman–Crippen MR) is 109 cm³/mol. The van der Waals surface area contributed by atoms with Gasteiger partial charge in [-0.15, -0.1) is 0 Å². The molecule has 1 aliphatic heterocycles.